The standard InChI is InChI=1S/C12H10F3N3/c13-12(14,15)9-3-1-8(2-4-9)11-17-6-5-10(7-16)18-11/h1-6H,7,16H2. The van der Waals surface area contributed by atoms with E-state index < -0.39 is 11.7 Å². The lowest BCUT2D eigenvalue weighted by Crippen LogP contribution is -2.04. The van der Waals surface area contributed by atoms with Gasteiger partial charge in [-0.3, -0.25) is 0 Å². The molecule has 0 unspecified atom stereocenters. The van der Waals surface area contributed by atoms with Crippen LogP contribution in [0.4, 0.5) is 13.2 Å². The maximum Gasteiger partial charge on any atom is 0.416 e. The van der Waals surface area contributed by atoms with Crippen LogP contribution in [0.5, 0.6) is 0 Å². The summed E-state index contributed by atoms with van der Waals surface area (Å²) in [6.45, 7) is 0.260. The molecular formula is C12H10F3N3. The predicted molar refractivity (Wildman–Crippen MR) is 60.4 cm³/mol. The average molecular weight is 253 g/mol. The molecule has 0 radical (unpaired) electrons. The zero-order valence-electron chi connectivity index (χ0n) is 9.28. The summed E-state index contributed by atoms with van der Waals surface area (Å²) in [6, 6.07) is 6.37. The molecule has 3 nitrogen and oxygen atoms in total. The molecule has 18 heavy (non-hydrogen) atoms. The first kappa shape index (κ1) is 12.5. The Kier molecular flexibility index (Phi) is 3.29. The van der Waals surface area contributed by atoms with Crippen molar-refractivity contribution >= 4 is 0 Å². The van der Waals surface area contributed by atoms with Gasteiger partial charge in [-0.2, -0.15) is 13.2 Å². The van der Waals surface area contributed by atoms with Crippen molar-refractivity contribution in [2.24, 2.45) is 5.73 Å². The van der Waals surface area contributed by atoms with E-state index in [2.05, 4.69) is 9.97 Å². The molecular weight excluding hydrogens is 243 g/mol. The molecule has 1 aromatic heterocycles. The Bertz CT molecular complexity index is 535. The van der Waals surface area contributed by atoms with Crippen molar-refractivity contribution in [2.75, 3.05) is 0 Å². The lowest BCUT2D eigenvalue weighted by molar-refractivity contribution is -0.137. The van der Waals surface area contributed by atoms with Crippen LogP contribution in [-0.4, -0.2) is 9.97 Å². The second-order valence-corrected chi connectivity index (χ2v) is 3.65. The van der Waals surface area contributed by atoms with Gasteiger partial charge in [0.05, 0.1) is 11.3 Å². The highest BCUT2D eigenvalue weighted by Gasteiger charge is 2.30. The minimum Gasteiger partial charge on any atom is -0.325 e. The fourth-order valence-electron chi connectivity index (χ4n) is 1.46. The summed E-state index contributed by atoms with van der Waals surface area (Å²) >= 11 is 0. The van der Waals surface area contributed by atoms with Crippen LogP contribution in [0.15, 0.2) is 36.5 Å². The van der Waals surface area contributed by atoms with Crippen LogP contribution in [-0.2, 0) is 12.7 Å². The molecule has 0 saturated heterocycles. The molecule has 0 bridgehead atoms. The number of benzene rings is 1. The summed E-state index contributed by atoms with van der Waals surface area (Å²) in [5.74, 6) is 0.367. The number of alkyl halides is 3. The van der Waals surface area contributed by atoms with Gasteiger partial charge in [0, 0.05) is 18.3 Å². The van der Waals surface area contributed by atoms with Gasteiger partial charge < -0.3 is 5.73 Å². The molecule has 94 valence electrons. The maximum absolute atomic E-state index is 12.4. The summed E-state index contributed by atoms with van der Waals surface area (Å²) in [7, 11) is 0. The first-order chi connectivity index (χ1) is 8.50. The Morgan fingerprint density at radius 2 is 1.72 bits per heavy atom. The number of hydrogen-bond acceptors (Lipinski definition) is 3. The van der Waals surface area contributed by atoms with E-state index in [0.29, 0.717) is 17.1 Å². The molecule has 1 heterocycles. The Labute approximate surface area is 101 Å². The van der Waals surface area contributed by atoms with Gasteiger partial charge in [-0.1, -0.05) is 12.1 Å². The highest BCUT2D eigenvalue weighted by Crippen LogP contribution is 2.30. The number of rotatable bonds is 2. The van der Waals surface area contributed by atoms with Gasteiger partial charge in [0.15, 0.2) is 5.82 Å². The van der Waals surface area contributed by atoms with Crippen molar-refractivity contribution in [3.63, 3.8) is 0 Å². The van der Waals surface area contributed by atoms with Gasteiger partial charge in [0.2, 0.25) is 0 Å². The van der Waals surface area contributed by atoms with E-state index in [-0.39, 0.29) is 6.54 Å². The quantitative estimate of drug-likeness (QED) is 0.895. The topological polar surface area (TPSA) is 51.8 Å². The second-order valence-electron chi connectivity index (χ2n) is 3.65. The van der Waals surface area contributed by atoms with Gasteiger partial charge in [0.25, 0.3) is 0 Å². The molecule has 2 N–H and O–H groups in total. The minimum absolute atomic E-state index is 0.260. The van der Waals surface area contributed by atoms with E-state index in [0.717, 1.165) is 12.1 Å². The summed E-state index contributed by atoms with van der Waals surface area (Å²) in [6.07, 6.45) is -2.80. The molecule has 6 heteroatoms. The molecule has 0 aliphatic carbocycles. The van der Waals surface area contributed by atoms with Crippen LogP contribution in [0.2, 0.25) is 0 Å². The Morgan fingerprint density at radius 3 is 2.28 bits per heavy atom. The lowest BCUT2D eigenvalue weighted by atomic mass is 10.1. The van der Waals surface area contributed by atoms with Crippen LogP contribution < -0.4 is 5.73 Å². The van der Waals surface area contributed by atoms with Gasteiger partial charge in [-0.05, 0) is 18.2 Å². The predicted octanol–water partition coefficient (Wildman–Crippen LogP) is 2.62. The molecule has 0 spiro atoms. The number of hydrogen-bond donors (Lipinski definition) is 1. The van der Waals surface area contributed by atoms with Crippen molar-refractivity contribution in [3.05, 3.63) is 47.8 Å². The van der Waals surface area contributed by atoms with Crippen LogP contribution in [0.3, 0.4) is 0 Å². The van der Waals surface area contributed by atoms with E-state index in [4.69, 9.17) is 5.73 Å². The molecule has 1 aromatic carbocycles. The summed E-state index contributed by atoms with van der Waals surface area (Å²) < 4.78 is 37.2. The molecule has 0 saturated carbocycles. The maximum atomic E-state index is 12.4. The van der Waals surface area contributed by atoms with E-state index in [9.17, 15) is 13.2 Å². The monoisotopic (exact) mass is 253 g/mol. The van der Waals surface area contributed by atoms with Crippen LogP contribution >= 0.6 is 0 Å². The highest BCUT2D eigenvalue weighted by atomic mass is 19.4. The number of nitrogens with two attached hydrogens (primary N) is 1. The van der Waals surface area contributed by atoms with Crippen molar-refractivity contribution in [2.45, 2.75) is 12.7 Å². The van der Waals surface area contributed by atoms with Gasteiger partial charge in [-0.25, -0.2) is 9.97 Å². The molecule has 2 rings (SSSR count). The van der Waals surface area contributed by atoms with Gasteiger partial charge in [0.1, 0.15) is 0 Å². The third-order valence-electron chi connectivity index (χ3n) is 2.39. The van der Waals surface area contributed by atoms with Gasteiger partial charge >= 0.3 is 6.18 Å². The molecule has 0 aliphatic heterocycles. The SMILES string of the molecule is NCc1ccnc(-c2ccc(C(F)(F)F)cc2)n1. The van der Waals surface area contributed by atoms with Crippen LogP contribution in [0.1, 0.15) is 11.3 Å². The normalized spacial score (nSPS) is 11.6. The minimum atomic E-state index is -4.33. The van der Waals surface area contributed by atoms with Crippen molar-refractivity contribution in [1.82, 2.24) is 9.97 Å². The number of aromatic nitrogens is 2. The number of nitrogens with zero attached hydrogens (tertiary/aromatic N) is 2. The Hall–Kier alpha value is -1.95. The number of halogens is 3. The fraction of sp³-hybridized carbons (Fsp3) is 0.167. The molecule has 2 aromatic rings. The zero-order valence-corrected chi connectivity index (χ0v) is 9.28. The summed E-state index contributed by atoms with van der Waals surface area (Å²) in [5.41, 5.74) is 5.91. The largest absolute Gasteiger partial charge is 0.416 e. The highest BCUT2D eigenvalue weighted by molar-refractivity contribution is 5.55. The Balaban J connectivity index is 2.34. The van der Waals surface area contributed by atoms with E-state index >= 15 is 0 Å². The third-order valence-corrected chi connectivity index (χ3v) is 2.39. The zero-order chi connectivity index (χ0) is 13.2. The fourth-order valence-corrected chi connectivity index (χ4v) is 1.46. The molecule has 0 atom stereocenters. The summed E-state index contributed by atoms with van der Waals surface area (Å²) in [4.78, 5) is 8.14. The molecule has 0 amide bonds. The first-order valence-corrected chi connectivity index (χ1v) is 5.20. The smallest absolute Gasteiger partial charge is 0.325 e. The molecule has 0 aliphatic rings. The van der Waals surface area contributed by atoms with Gasteiger partial charge in [-0.15, -0.1) is 0 Å². The Morgan fingerprint density at radius 1 is 1.06 bits per heavy atom. The molecule has 0 fully saturated rings. The van der Waals surface area contributed by atoms with Crippen molar-refractivity contribution in [3.8, 4) is 11.4 Å². The van der Waals surface area contributed by atoms with E-state index in [1.807, 2.05) is 0 Å². The van der Waals surface area contributed by atoms with E-state index in [1.165, 1.54) is 18.3 Å². The van der Waals surface area contributed by atoms with Crippen molar-refractivity contribution in [1.29, 1.82) is 0 Å². The van der Waals surface area contributed by atoms with Crippen LogP contribution in [0, 0.1) is 0 Å². The lowest BCUT2D eigenvalue weighted by Gasteiger charge is -2.07. The van der Waals surface area contributed by atoms with Crippen LogP contribution in [0.25, 0.3) is 11.4 Å². The first-order valence-electron chi connectivity index (χ1n) is 5.20. The second kappa shape index (κ2) is 4.73. The van der Waals surface area contributed by atoms with Crippen molar-refractivity contribution < 1.29 is 13.2 Å². The summed E-state index contributed by atoms with van der Waals surface area (Å²) in [5, 5.41) is 0. The van der Waals surface area contributed by atoms with E-state index in [1.54, 1.807) is 6.07 Å². The third kappa shape index (κ3) is 2.65. The average Bonchev–Trinajstić information content (AvgIpc) is 2.38.